The van der Waals surface area contributed by atoms with Gasteiger partial charge in [-0.3, -0.25) is 0 Å². The largest absolute Gasteiger partial charge is 0.399 e. The molecule has 0 radical (unpaired) electrons. The van der Waals surface area contributed by atoms with Crippen molar-refractivity contribution in [3.05, 3.63) is 59.6 Å². The zero-order chi connectivity index (χ0) is 13.9. The molecule has 2 N–H and O–H groups in total. The van der Waals surface area contributed by atoms with E-state index in [4.69, 9.17) is 5.73 Å². The van der Waals surface area contributed by atoms with Gasteiger partial charge in [-0.15, -0.1) is 11.3 Å². The van der Waals surface area contributed by atoms with Crippen molar-refractivity contribution in [1.29, 1.82) is 0 Å². The highest BCUT2D eigenvalue weighted by molar-refractivity contribution is 7.13. The fraction of sp³-hybridized carbons (Fsp3) is 0.118. The van der Waals surface area contributed by atoms with Gasteiger partial charge < -0.3 is 5.73 Å². The predicted molar refractivity (Wildman–Crippen MR) is 86.8 cm³/mol. The van der Waals surface area contributed by atoms with E-state index in [2.05, 4.69) is 42.2 Å². The Hall–Kier alpha value is -2.13. The van der Waals surface area contributed by atoms with Gasteiger partial charge >= 0.3 is 0 Å². The summed E-state index contributed by atoms with van der Waals surface area (Å²) >= 11 is 1.66. The molecule has 1 aromatic heterocycles. The second-order valence-corrected chi connectivity index (χ2v) is 5.58. The predicted octanol–water partition coefficient (Wildman–Crippen LogP) is 4.62. The first kappa shape index (κ1) is 12.9. The SMILES string of the molecule is CCc1ccc(-c2nccs2)cc1-c1ccc(N)cc1. The van der Waals surface area contributed by atoms with Crippen molar-refractivity contribution in [3.8, 4) is 21.7 Å². The Morgan fingerprint density at radius 2 is 1.80 bits per heavy atom. The first-order chi connectivity index (χ1) is 9.78. The van der Waals surface area contributed by atoms with Gasteiger partial charge in [0, 0.05) is 22.8 Å². The van der Waals surface area contributed by atoms with Gasteiger partial charge in [0.15, 0.2) is 0 Å². The number of rotatable bonds is 3. The molecule has 1 heterocycles. The molecule has 0 saturated heterocycles. The number of hydrogen-bond donors (Lipinski definition) is 1. The van der Waals surface area contributed by atoms with Crippen LogP contribution in [0.15, 0.2) is 54.0 Å². The highest BCUT2D eigenvalue weighted by Crippen LogP contribution is 2.31. The minimum Gasteiger partial charge on any atom is -0.399 e. The summed E-state index contributed by atoms with van der Waals surface area (Å²) in [6.45, 7) is 2.18. The zero-order valence-corrected chi connectivity index (χ0v) is 12.2. The molecule has 0 aliphatic carbocycles. The summed E-state index contributed by atoms with van der Waals surface area (Å²) in [5.41, 5.74) is 11.5. The minimum absolute atomic E-state index is 0.794. The average Bonchev–Trinajstić information content (AvgIpc) is 3.02. The molecule has 0 atom stereocenters. The van der Waals surface area contributed by atoms with Gasteiger partial charge in [-0.2, -0.15) is 0 Å². The molecule has 3 rings (SSSR count). The summed E-state index contributed by atoms with van der Waals surface area (Å²) in [4.78, 5) is 4.39. The van der Waals surface area contributed by atoms with Crippen LogP contribution < -0.4 is 5.73 Å². The fourth-order valence-corrected chi connectivity index (χ4v) is 2.95. The number of aromatic nitrogens is 1. The first-order valence-corrected chi connectivity index (χ1v) is 7.54. The lowest BCUT2D eigenvalue weighted by atomic mass is 9.96. The number of aryl methyl sites for hydroxylation is 1. The van der Waals surface area contributed by atoms with E-state index >= 15 is 0 Å². The number of nitrogens with two attached hydrogens (primary N) is 1. The van der Waals surface area contributed by atoms with Crippen molar-refractivity contribution < 1.29 is 0 Å². The van der Waals surface area contributed by atoms with Crippen molar-refractivity contribution in [2.75, 3.05) is 5.73 Å². The molecule has 0 amide bonds. The third kappa shape index (κ3) is 2.45. The molecular formula is C17H16N2S. The van der Waals surface area contributed by atoms with Gasteiger partial charge in [0.1, 0.15) is 5.01 Å². The minimum atomic E-state index is 0.794. The summed E-state index contributed by atoms with van der Waals surface area (Å²) in [7, 11) is 0. The molecule has 0 saturated carbocycles. The monoisotopic (exact) mass is 280 g/mol. The molecule has 3 heteroatoms. The lowest BCUT2D eigenvalue weighted by molar-refractivity contribution is 1.14. The van der Waals surface area contributed by atoms with E-state index in [1.807, 2.05) is 23.7 Å². The van der Waals surface area contributed by atoms with E-state index in [-0.39, 0.29) is 0 Å². The summed E-state index contributed by atoms with van der Waals surface area (Å²) in [6, 6.07) is 14.6. The third-order valence-electron chi connectivity index (χ3n) is 3.39. The number of hydrogen-bond acceptors (Lipinski definition) is 3. The molecule has 0 unspecified atom stereocenters. The topological polar surface area (TPSA) is 38.9 Å². The molecule has 20 heavy (non-hydrogen) atoms. The number of thiazole rings is 1. The molecule has 2 nitrogen and oxygen atoms in total. The highest BCUT2D eigenvalue weighted by atomic mass is 32.1. The number of nitrogen functional groups attached to an aromatic ring is 1. The van der Waals surface area contributed by atoms with E-state index in [9.17, 15) is 0 Å². The Bertz CT molecular complexity index is 700. The van der Waals surface area contributed by atoms with Crippen LogP contribution in [-0.2, 0) is 6.42 Å². The lowest BCUT2D eigenvalue weighted by Gasteiger charge is -2.10. The van der Waals surface area contributed by atoms with Gasteiger partial charge in [-0.05, 0) is 41.3 Å². The van der Waals surface area contributed by atoms with Gasteiger partial charge in [0.2, 0.25) is 0 Å². The van der Waals surface area contributed by atoms with Crippen molar-refractivity contribution in [3.63, 3.8) is 0 Å². The summed E-state index contributed by atoms with van der Waals surface area (Å²) in [5.74, 6) is 0. The zero-order valence-electron chi connectivity index (χ0n) is 11.3. The number of benzene rings is 2. The molecule has 2 aromatic carbocycles. The van der Waals surface area contributed by atoms with Crippen LogP contribution in [0, 0.1) is 0 Å². The molecule has 0 aliphatic heterocycles. The maximum atomic E-state index is 5.77. The van der Waals surface area contributed by atoms with Crippen LogP contribution >= 0.6 is 11.3 Å². The fourth-order valence-electron chi connectivity index (χ4n) is 2.32. The van der Waals surface area contributed by atoms with Crippen LogP contribution in [0.2, 0.25) is 0 Å². The summed E-state index contributed by atoms with van der Waals surface area (Å²) in [5, 5.41) is 3.07. The van der Waals surface area contributed by atoms with E-state index in [1.54, 1.807) is 11.3 Å². The Balaban J connectivity index is 2.12. The Morgan fingerprint density at radius 1 is 1.05 bits per heavy atom. The van der Waals surface area contributed by atoms with Gasteiger partial charge in [0.25, 0.3) is 0 Å². The molecule has 0 fully saturated rings. The van der Waals surface area contributed by atoms with E-state index in [0.29, 0.717) is 0 Å². The normalized spacial score (nSPS) is 10.7. The molecule has 0 bridgehead atoms. The van der Waals surface area contributed by atoms with Gasteiger partial charge in [-0.1, -0.05) is 31.2 Å². The Labute approximate surface area is 122 Å². The second kappa shape index (κ2) is 5.47. The second-order valence-electron chi connectivity index (χ2n) is 4.68. The van der Waals surface area contributed by atoms with Crippen molar-refractivity contribution in [2.45, 2.75) is 13.3 Å². The number of nitrogens with zero attached hydrogens (tertiary/aromatic N) is 1. The van der Waals surface area contributed by atoms with Gasteiger partial charge in [-0.25, -0.2) is 4.98 Å². The van der Waals surface area contributed by atoms with Crippen LogP contribution in [0.3, 0.4) is 0 Å². The van der Waals surface area contributed by atoms with Crippen LogP contribution in [0.1, 0.15) is 12.5 Å². The van der Waals surface area contributed by atoms with Gasteiger partial charge in [0.05, 0.1) is 0 Å². The molecular weight excluding hydrogens is 264 g/mol. The van der Waals surface area contributed by atoms with Crippen LogP contribution in [0.25, 0.3) is 21.7 Å². The quantitative estimate of drug-likeness (QED) is 0.711. The molecule has 100 valence electrons. The average molecular weight is 280 g/mol. The van der Waals surface area contributed by atoms with E-state index in [0.717, 1.165) is 17.1 Å². The molecule has 0 spiro atoms. The van der Waals surface area contributed by atoms with E-state index in [1.165, 1.54) is 22.3 Å². The Morgan fingerprint density at radius 3 is 2.45 bits per heavy atom. The van der Waals surface area contributed by atoms with Crippen LogP contribution in [-0.4, -0.2) is 4.98 Å². The standard InChI is InChI=1S/C17H16N2S/c1-2-12-3-4-14(17-19-9-10-20-17)11-16(12)13-5-7-15(18)8-6-13/h3-11H,2,18H2,1H3. The molecule has 3 aromatic rings. The summed E-state index contributed by atoms with van der Waals surface area (Å²) in [6.07, 6.45) is 2.86. The lowest BCUT2D eigenvalue weighted by Crippen LogP contribution is -1.90. The highest BCUT2D eigenvalue weighted by Gasteiger charge is 2.08. The maximum absolute atomic E-state index is 5.77. The Kier molecular flexibility index (Phi) is 3.52. The number of anilines is 1. The first-order valence-electron chi connectivity index (χ1n) is 6.66. The third-order valence-corrected chi connectivity index (χ3v) is 4.21. The van der Waals surface area contributed by atoms with Crippen molar-refractivity contribution in [1.82, 2.24) is 4.98 Å². The van der Waals surface area contributed by atoms with Crippen LogP contribution in [0.5, 0.6) is 0 Å². The van der Waals surface area contributed by atoms with Crippen LogP contribution in [0.4, 0.5) is 5.69 Å². The summed E-state index contributed by atoms with van der Waals surface area (Å²) < 4.78 is 0. The molecule has 0 aliphatic rings. The van der Waals surface area contributed by atoms with Crippen molar-refractivity contribution in [2.24, 2.45) is 0 Å². The van der Waals surface area contributed by atoms with Crippen molar-refractivity contribution >= 4 is 17.0 Å². The smallest absolute Gasteiger partial charge is 0.123 e. The maximum Gasteiger partial charge on any atom is 0.123 e. The van der Waals surface area contributed by atoms with E-state index < -0.39 is 0 Å².